The highest BCUT2D eigenvalue weighted by atomic mass is 127. The molecule has 0 aliphatic heterocycles. The number of halogens is 2. The van der Waals surface area contributed by atoms with Crippen molar-refractivity contribution in [3.8, 4) is 0 Å². The molecule has 0 amide bonds. The molecule has 1 heterocycles. The Morgan fingerprint density at radius 1 is 1.36 bits per heavy atom. The summed E-state index contributed by atoms with van der Waals surface area (Å²) in [5.41, 5.74) is 2.25. The molecule has 0 saturated heterocycles. The van der Waals surface area contributed by atoms with E-state index in [0.717, 1.165) is 40.2 Å². The predicted molar refractivity (Wildman–Crippen MR) is 106 cm³/mol. The number of aryl methyl sites for hydroxylation is 1. The number of hydrogen-bond acceptors (Lipinski definition) is 3. The first kappa shape index (κ1) is 19.2. The van der Waals surface area contributed by atoms with Crippen LogP contribution in [0.2, 0.25) is 5.02 Å². The number of aliphatic imine (C=N–C) groups is 1. The molecule has 0 spiro atoms. The fourth-order valence-corrected chi connectivity index (χ4v) is 2.75. The highest BCUT2D eigenvalue weighted by molar-refractivity contribution is 14.0. The van der Waals surface area contributed by atoms with E-state index in [1.165, 1.54) is 0 Å². The minimum atomic E-state index is 0. The minimum Gasteiger partial charge on any atom is -0.356 e. The molecule has 120 valence electrons. The molecule has 1 aromatic heterocycles. The second kappa shape index (κ2) is 10.0. The van der Waals surface area contributed by atoms with Crippen molar-refractivity contribution in [2.24, 2.45) is 4.99 Å². The first-order valence-corrected chi connectivity index (χ1v) is 8.03. The van der Waals surface area contributed by atoms with Gasteiger partial charge in [-0.3, -0.25) is 4.99 Å². The third-order valence-electron chi connectivity index (χ3n) is 2.91. The molecule has 22 heavy (non-hydrogen) atoms. The van der Waals surface area contributed by atoms with E-state index in [1.54, 1.807) is 18.4 Å². The molecule has 2 N–H and O–H groups in total. The van der Waals surface area contributed by atoms with E-state index in [1.807, 2.05) is 31.2 Å². The molecule has 0 unspecified atom stereocenters. The topological polar surface area (TPSA) is 49.3 Å². The third kappa shape index (κ3) is 6.50. The Hall–Kier alpha value is -0.860. The largest absolute Gasteiger partial charge is 0.356 e. The summed E-state index contributed by atoms with van der Waals surface area (Å²) in [5.74, 6) is 0.780. The maximum Gasteiger partial charge on any atom is 0.191 e. The van der Waals surface area contributed by atoms with Crippen LogP contribution >= 0.6 is 46.9 Å². The highest BCUT2D eigenvalue weighted by Gasteiger charge is 2.01. The van der Waals surface area contributed by atoms with Gasteiger partial charge < -0.3 is 10.6 Å². The molecule has 0 radical (unpaired) electrons. The molecule has 1 aromatic carbocycles. The maximum atomic E-state index is 5.97. The molecule has 0 saturated carbocycles. The first-order chi connectivity index (χ1) is 10.2. The van der Waals surface area contributed by atoms with E-state index in [9.17, 15) is 0 Å². The number of nitrogens with one attached hydrogen (secondary N) is 2. The van der Waals surface area contributed by atoms with E-state index in [0.29, 0.717) is 6.54 Å². The van der Waals surface area contributed by atoms with Crippen molar-refractivity contribution in [3.05, 3.63) is 50.9 Å². The highest BCUT2D eigenvalue weighted by Crippen LogP contribution is 2.10. The second-order valence-electron chi connectivity index (χ2n) is 4.59. The summed E-state index contributed by atoms with van der Waals surface area (Å²) >= 11 is 7.65. The summed E-state index contributed by atoms with van der Waals surface area (Å²) in [6.07, 6.45) is 0.891. The van der Waals surface area contributed by atoms with E-state index in [4.69, 9.17) is 11.6 Å². The lowest BCUT2D eigenvalue weighted by Crippen LogP contribution is -2.37. The van der Waals surface area contributed by atoms with Crippen molar-refractivity contribution in [1.82, 2.24) is 15.6 Å². The van der Waals surface area contributed by atoms with Gasteiger partial charge >= 0.3 is 0 Å². The molecule has 0 aliphatic carbocycles. The van der Waals surface area contributed by atoms with Crippen LogP contribution in [0.5, 0.6) is 0 Å². The Morgan fingerprint density at radius 2 is 2.18 bits per heavy atom. The number of rotatable bonds is 5. The third-order valence-corrected chi connectivity index (χ3v) is 3.97. The molecular weight excluding hydrogens is 431 g/mol. The fraction of sp³-hybridized carbons (Fsp3) is 0.333. The summed E-state index contributed by atoms with van der Waals surface area (Å²) in [5, 5.41) is 10.5. The number of guanidine groups is 1. The number of aromatic nitrogens is 1. The lowest BCUT2D eigenvalue weighted by Gasteiger charge is -2.11. The van der Waals surface area contributed by atoms with Gasteiger partial charge in [0, 0.05) is 37.0 Å². The smallest absolute Gasteiger partial charge is 0.191 e. The van der Waals surface area contributed by atoms with Crippen molar-refractivity contribution in [2.45, 2.75) is 19.9 Å². The normalized spacial score (nSPS) is 11.0. The van der Waals surface area contributed by atoms with Gasteiger partial charge in [-0.15, -0.1) is 35.3 Å². The zero-order valence-corrected chi connectivity index (χ0v) is 16.5. The van der Waals surface area contributed by atoms with Crippen LogP contribution in [0.1, 0.15) is 16.3 Å². The van der Waals surface area contributed by atoms with Gasteiger partial charge in [-0.25, -0.2) is 4.98 Å². The minimum absolute atomic E-state index is 0. The van der Waals surface area contributed by atoms with E-state index < -0.39 is 0 Å². The standard InChI is InChI=1S/C15H19ClN4S.HI/c1-11-20-14(10-21-11)6-7-18-15(17-2)19-9-12-4-3-5-13(16)8-12;/h3-5,8,10H,6-7,9H2,1-2H3,(H2,17,18,19);1H. The molecule has 7 heteroatoms. The molecule has 2 aromatic rings. The van der Waals surface area contributed by atoms with Crippen LogP contribution in [-0.4, -0.2) is 24.5 Å². The van der Waals surface area contributed by atoms with Crippen LogP contribution in [-0.2, 0) is 13.0 Å². The number of hydrogen-bond donors (Lipinski definition) is 2. The lowest BCUT2D eigenvalue weighted by molar-refractivity contribution is 0.786. The van der Waals surface area contributed by atoms with E-state index in [2.05, 4.69) is 26.0 Å². The van der Waals surface area contributed by atoms with Gasteiger partial charge in [-0.2, -0.15) is 0 Å². The number of nitrogens with zero attached hydrogens (tertiary/aromatic N) is 2. The number of thiazole rings is 1. The molecule has 0 bridgehead atoms. The summed E-state index contributed by atoms with van der Waals surface area (Å²) in [6.45, 7) is 3.52. The van der Waals surface area contributed by atoms with Crippen molar-refractivity contribution < 1.29 is 0 Å². The van der Waals surface area contributed by atoms with E-state index in [-0.39, 0.29) is 24.0 Å². The van der Waals surface area contributed by atoms with E-state index >= 15 is 0 Å². The summed E-state index contributed by atoms with van der Waals surface area (Å²) < 4.78 is 0. The van der Waals surface area contributed by atoms with Crippen LogP contribution < -0.4 is 10.6 Å². The zero-order chi connectivity index (χ0) is 15.1. The average Bonchev–Trinajstić information content (AvgIpc) is 2.88. The summed E-state index contributed by atoms with van der Waals surface area (Å²) in [4.78, 5) is 8.65. The predicted octanol–water partition coefficient (Wildman–Crippen LogP) is 3.63. The van der Waals surface area contributed by atoms with Gasteiger partial charge in [-0.1, -0.05) is 23.7 Å². The quantitative estimate of drug-likeness (QED) is 0.415. The Labute approximate surface area is 157 Å². The molecule has 0 atom stereocenters. The van der Waals surface area contributed by atoms with Crippen LogP contribution in [0, 0.1) is 6.92 Å². The van der Waals surface area contributed by atoms with Crippen molar-refractivity contribution >= 4 is 52.9 Å². The van der Waals surface area contributed by atoms with Crippen LogP contribution in [0.4, 0.5) is 0 Å². The van der Waals surface area contributed by atoms with Crippen molar-refractivity contribution in [3.63, 3.8) is 0 Å². The molecule has 0 aliphatic rings. The fourth-order valence-electron chi connectivity index (χ4n) is 1.89. The Morgan fingerprint density at radius 3 is 2.82 bits per heavy atom. The van der Waals surface area contributed by atoms with Gasteiger partial charge in [0.15, 0.2) is 5.96 Å². The van der Waals surface area contributed by atoms with Crippen LogP contribution in [0.3, 0.4) is 0 Å². The van der Waals surface area contributed by atoms with Gasteiger partial charge in [0.05, 0.1) is 10.7 Å². The zero-order valence-electron chi connectivity index (χ0n) is 12.6. The average molecular weight is 451 g/mol. The molecule has 2 rings (SSSR count). The summed E-state index contributed by atoms with van der Waals surface area (Å²) in [7, 11) is 1.76. The van der Waals surface area contributed by atoms with Gasteiger partial charge in [0.25, 0.3) is 0 Å². The van der Waals surface area contributed by atoms with Gasteiger partial charge in [0.1, 0.15) is 0 Å². The molecule has 4 nitrogen and oxygen atoms in total. The Kier molecular flexibility index (Phi) is 8.74. The maximum absolute atomic E-state index is 5.97. The monoisotopic (exact) mass is 450 g/mol. The summed E-state index contributed by atoms with van der Waals surface area (Å²) in [6, 6.07) is 7.79. The SMILES string of the molecule is CN=C(NCCc1csc(C)n1)NCc1cccc(Cl)c1.I. The van der Waals surface area contributed by atoms with Gasteiger partial charge in [0.2, 0.25) is 0 Å². The first-order valence-electron chi connectivity index (χ1n) is 6.77. The van der Waals surface area contributed by atoms with Crippen molar-refractivity contribution in [1.29, 1.82) is 0 Å². The van der Waals surface area contributed by atoms with Crippen LogP contribution in [0.25, 0.3) is 0 Å². The molecule has 0 fully saturated rings. The Balaban J connectivity index is 0.00000242. The van der Waals surface area contributed by atoms with Gasteiger partial charge in [-0.05, 0) is 24.6 Å². The second-order valence-corrected chi connectivity index (χ2v) is 6.09. The molecular formula is C15H20ClIN4S. The Bertz CT molecular complexity index is 615. The van der Waals surface area contributed by atoms with Crippen molar-refractivity contribution in [2.75, 3.05) is 13.6 Å². The number of benzene rings is 1. The lowest BCUT2D eigenvalue weighted by atomic mass is 10.2. The van der Waals surface area contributed by atoms with Crippen LogP contribution in [0.15, 0.2) is 34.6 Å².